The third-order valence-electron chi connectivity index (χ3n) is 9.45. The SMILES string of the molecule is CC(=O)N[C@@H]1[C@H](Oc2ccccc2[NH+]([O-])O)O[C@@H](CO)[C@H](O)[C@@H]1O[C@@H]1O[C@H](COC(C)=O)[C@H](OC(C)=O)[C@H](OC(C)=O)[C@H]1O[C@H]1O[C@@H](C)[C@H](OC(C)=O)[C@H](OC(C)=O)[C@H]1OC(C)=O. The van der Waals surface area contributed by atoms with Gasteiger partial charge in [0.2, 0.25) is 17.9 Å². The first-order valence-corrected chi connectivity index (χ1v) is 19.4. The second-order valence-electron chi connectivity index (χ2n) is 14.5. The fourth-order valence-electron chi connectivity index (χ4n) is 7.10. The summed E-state index contributed by atoms with van der Waals surface area (Å²) in [5.41, 5.74) is -0.336. The molecule has 0 saturated carbocycles. The van der Waals surface area contributed by atoms with Crippen LogP contribution >= 0.6 is 0 Å². The highest BCUT2D eigenvalue weighted by molar-refractivity contribution is 5.73. The van der Waals surface area contributed by atoms with Gasteiger partial charge < -0.3 is 77.6 Å². The molecule has 1 amide bonds. The maximum Gasteiger partial charge on any atom is 0.303 e. The Hall–Kier alpha value is -5.09. The minimum absolute atomic E-state index is 0.262. The normalized spacial score (nSPS) is 33.4. The number of aliphatic hydroxyl groups excluding tert-OH is 2. The number of para-hydroxylation sites is 2. The Balaban J connectivity index is 1.91. The van der Waals surface area contributed by atoms with Crippen molar-refractivity contribution < 1.29 is 111 Å². The molecule has 3 fully saturated rings. The van der Waals surface area contributed by atoms with E-state index in [1.807, 2.05) is 0 Å². The molecule has 0 spiro atoms. The van der Waals surface area contributed by atoms with Crippen LogP contribution in [-0.4, -0.2) is 162 Å². The summed E-state index contributed by atoms with van der Waals surface area (Å²) >= 11 is 0. The van der Waals surface area contributed by atoms with E-state index in [1.165, 1.54) is 31.2 Å². The zero-order valence-corrected chi connectivity index (χ0v) is 35.4. The zero-order chi connectivity index (χ0) is 46.9. The van der Waals surface area contributed by atoms with Crippen LogP contribution in [0.2, 0.25) is 0 Å². The standard InChI is InChI=1S/C38H52N2O23/c1-15-29(54-18(4)44)32(56-20(6)46)34(58-22(8)48)37(53-15)63-35-33(57-21(7)47)30(55-19(5)45)26(14-52-17(3)43)61-38(35)62-31-27(39-16(2)42)36(60-25(13-41)28(31)49)59-24-12-10-9-11-23(24)40(50)51/h9-12,15,25-38,40-41,49-50H,13-14H2,1-8H3,(H,39,42)/t15-,25-,26+,27-,28-,29-,30-,31+,32-,33-,34+,35+,36+,37+,38-/m0/s1. The lowest BCUT2D eigenvalue weighted by molar-refractivity contribution is -0.991. The zero-order valence-electron chi connectivity index (χ0n) is 35.4. The largest absolute Gasteiger partial charge is 0.595 e. The van der Waals surface area contributed by atoms with E-state index >= 15 is 0 Å². The third kappa shape index (κ3) is 13.5. The van der Waals surface area contributed by atoms with Crippen molar-refractivity contribution in [2.45, 2.75) is 147 Å². The van der Waals surface area contributed by atoms with Crippen molar-refractivity contribution in [2.24, 2.45) is 0 Å². The Kier molecular flexibility index (Phi) is 18.1. The molecule has 1 aromatic rings. The molecule has 25 nitrogen and oxygen atoms in total. The monoisotopic (exact) mass is 904 g/mol. The Morgan fingerprint density at radius 3 is 1.68 bits per heavy atom. The van der Waals surface area contributed by atoms with E-state index in [0.29, 0.717) is 0 Å². The van der Waals surface area contributed by atoms with Gasteiger partial charge >= 0.3 is 35.8 Å². The number of benzene rings is 1. The first-order valence-electron chi connectivity index (χ1n) is 19.4. The first kappa shape index (κ1) is 50.6. The molecular formula is C38H52N2O23. The van der Waals surface area contributed by atoms with Crippen molar-refractivity contribution in [1.29, 1.82) is 0 Å². The first-order chi connectivity index (χ1) is 29.6. The second kappa shape index (κ2) is 22.5. The summed E-state index contributed by atoms with van der Waals surface area (Å²) in [5, 5.41) is 45.1. The highest BCUT2D eigenvalue weighted by Gasteiger charge is 2.59. The smallest absolute Gasteiger partial charge is 0.303 e. The van der Waals surface area contributed by atoms with Crippen molar-refractivity contribution in [3.8, 4) is 5.75 Å². The van der Waals surface area contributed by atoms with Crippen LogP contribution in [0.15, 0.2) is 24.3 Å². The van der Waals surface area contributed by atoms with E-state index in [2.05, 4.69) is 5.32 Å². The Morgan fingerprint density at radius 1 is 0.651 bits per heavy atom. The lowest BCUT2D eigenvalue weighted by atomic mass is 9.94. The van der Waals surface area contributed by atoms with Crippen molar-refractivity contribution in [3.63, 3.8) is 0 Å². The molecule has 0 aromatic heterocycles. The molecule has 16 atom stereocenters. The molecule has 0 aliphatic carbocycles. The van der Waals surface area contributed by atoms with E-state index < -0.39 is 152 Å². The van der Waals surface area contributed by atoms with E-state index in [-0.39, 0.29) is 11.4 Å². The lowest BCUT2D eigenvalue weighted by Crippen LogP contribution is -2.99. The number of quaternary nitrogens is 1. The minimum Gasteiger partial charge on any atom is -0.595 e. The van der Waals surface area contributed by atoms with Gasteiger partial charge in [0.25, 0.3) is 0 Å². The summed E-state index contributed by atoms with van der Waals surface area (Å²) in [6.07, 6.45) is -23.9. The van der Waals surface area contributed by atoms with Crippen molar-refractivity contribution >= 4 is 47.4 Å². The Bertz CT molecular complexity index is 1800. The fraction of sp³-hybridized carbons (Fsp3) is 0.658. The van der Waals surface area contributed by atoms with Crippen LogP contribution in [-0.2, 0) is 85.7 Å². The summed E-state index contributed by atoms with van der Waals surface area (Å²) in [4.78, 5) is 87.4. The summed E-state index contributed by atoms with van der Waals surface area (Å²) in [7, 11) is 0. The predicted octanol–water partition coefficient (Wildman–Crippen LogP) is -2.49. The molecule has 25 heteroatoms. The van der Waals surface area contributed by atoms with Crippen LogP contribution in [0.3, 0.4) is 0 Å². The molecule has 5 N–H and O–H groups in total. The summed E-state index contributed by atoms with van der Waals surface area (Å²) < 4.78 is 69.7. The summed E-state index contributed by atoms with van der Waals surface area (Å²) in [5.74, 6) is -6.52. The summed E-state index contributed by atoms with van der Waals surface area (Å²) in [6, 6.07) is 3.75. The van der Waals surface area contributed by atoms with Gasteiger partial charge in [-0.2, -0.15) is 5.23 Å². The van der Waals surface area contributed by atoms with Crippen LogP contribution in [0.1, 0.15) is 55.4 Å². The molecule has 0 radical (unpaired) electrons. The molecule has 3 aliphatic rings. The molecule has 1 unspecified atom stereocenters. The van der Waals surface area contributed by atoms with E-state index in [0.717, 1.165) is 48.5 Å². The molecule has 4 rings (SSSR count). The molecule has 0 bridgehead atoms. The second-order valence-corrected chi connectivity index (χ2v) is 14.5. The van der Waals surface area contributed by atoms with Gasteiger partial charge in [-0.25, -0.2) is 5.21 Å². The average Bonchev–Trinajstić information content (AvgIpc) is 3.17. The van der Waals surface area contributed by atoms with Gasteiger partial charge in [0, 0.05) is 54.5 Å². The van der Waals surface area contributed by atoms with Crippen molar-refractivity contribution in [3.05, 3.63) is 29.5 Å². The highest BCUT2D eigenvalue weighted by atomic mass is 16.8. The van der Waals surface area contributed by atoms with E-state index in [1.54, 1.807) is 0 Å². The number of hydrogen-bond acceptors (Lipinski definition) is 23. The number of rotatable bonds is 16. The van der Waals surface area contributed by atoms with Gasteiger partial charge in [0.05, 0.1) is 12.7 Å². The molecule has 3 saturated heterocycles. The molecule has 3 aliphatic heterocycles. The van der Waals surface area contributed by atoms with Crippen LogP contribution in [0.4, 0.5) is 5.69 Å². The molecule has 3 heterocycles. The quantitative estimate of drug-likeness (QED) is 0.0651. The van der Waals surface area contributed by atoms with Crippen molar-refractivity contribution in [1.82, 2.24) is 5.32 Å². The topological polar surface area (TPSA) is 330 Å². The number of hydrogen-bond donors (Lipinski definition) is 5. The van der Waals surface area contributed by atoms with E-state index in [9.17, 15) is 54.2 Å². The number of aliphatic hydroxyl groups is 2. The third-order valence-corrected chi connectivity index (χ3v) is 9.45. The van der Waals surface area contributed by atoms with Crippen LogP contribution in [0.5, 0.6) is 5.75 Å². The van der Waals surface area contributed by atoms with Gasteiger partial charge in [0.15, 0.2) is 55.0 Å². The number of carbonyl (C=O) groups is 7. The Morgan fingerprint density at radius 2 is 1.14 bits per heavy atom. The maximum absolute atomic E-state index is 12.8. The van der Waals surface area contributed by atoms with Gasteiger partial charge in [-0.3, -0.25) is 33.6 Å². The van der Waals surface area contributed by atoms with Gasteiger partial charge in [-0.15, -0.1) is 0 Å². The molecule has 63 heavy (non-hydrogen) atoms. The fourth-order valence-corrected chi connectivity index (χ4v) is 7.10. The van der Waals surface area contributed by atoms with Crippen LogP contribution < -0.4 is 15.3 Å². The van der Waals surface area contributed by atoms with Gasteiger partial charge in [-0.05, 0) is 13.0 Å². The minimum atomic E-state index is -2.02. The van der Waals surface area contributed by atoms with Crippen LogP contribution in [0.25, 0.3) is 0 Å². The Labute approximate surface area is 359 Å². The molecule has 1 aromatic carbocycles. The van der Waals surface area contributed by atoms with Gasteiger partial charge in [0.1, 0.15) is 37.1 Å². The molecular weight excluding hydrogens is 852 g/mol. The van der Waals surface area contributed by atoms with Crippen LogP contribution in [0, 0.1) is 5.21 Å². The number of nitrogens with one attached hydrogen (secondary N) is 2. The number of esters is 6. The maximum atomic E-state index is 12.8. The summed E-state index contributed by atoms with van der Waals surface area (Å²) in [6.45, 7) is 7.00. The molecule has 352 valence electrons. The van der Waals surface area contributed by atoms with E-state index in [4.69, 9.17) is 56.8 Å². The van der Waals surface area contributed by atoms with Gasteiger partial charge in [-0.1, -0.05) is 12.1 Å². The highest BCUT2D eigenvalue weighted by Crippen LogP contribution is 2.38. The lowest BCUT2D eigenvalue weighted by Gasteiger charge is -2.50. The predicted molar refractivity (Wildman–Crippen MR) is 199 cm³/mol. The number of carbonyl (C=O) groups excluding carboxylic acids is 7. The number of ether oxygens (including phenoxy) is 12. The average molecular weight is 905 g/mol. The number of amides is 1. The van der Waals surface area contributed by atoms with Crippen molar-refractivity contribution in [2.75, 3.05) is 13.2 Å².